The Labute approximate surface area is 187 Å². The Morgan fingerprint density at radius 1 is 1.10 bits per heavy atom. The molecule has 31 heavy (non-hydrogen) atoms. The fraction of sp³-hybridized carbons (Fsp3) is 0.280. The summed E-state index contributed by atoms with van der Waals surface area (Å²) in [5.41, 5.74) is 3.80. The van der Waals surface area contributed by atoms with Crippen molar-refractivity contribution in [2.75, 3.05) is 23.8 Å². The van der Waals surface area contributed by atoms with E-state index in [0.29, 0.717) is 18.9 Å². The standard InChI is InChI=1S/C25H27N3O2S/c1-2-30-22-8-10-23(11-9-22)31-18-25(29)27-16-19-7-12-24(26-15-19)28-14-13-20-5-3-4-6-21(20)17-28/h3-12,15H,2,13-14,16-18H2,1H3,(H,27,29). The molecular weight excluding hydrogens is 406 g/mol. The third kappa shape index (κ3) is 5.79. The fourth-order valence-corrected chi connectivity index (χ4v) is 4.33. The fourth-order valence-electron chi connectivity index (χ4n) is 3.60. The number of rotatable bonds is 8. The van der Waals surface area contributed by atoms with Gasteiger partial charge in [-0.3, -0.25) is 4.79 Å². The number of carbonyl (C=O) groups is 1. The van der Waals surface area contributed by atoms with Crippen LogP contribution >= 0.6 is 11.8 Å². The van der Waals surface area contributed by atoms with Gasteiger partial charge in [-0.2, -0.15) is 0 Å². The molecule has 0 unspecified atom stereocenters. The maximum absolute atomic E-state index is 12.2. The number of nitrogens with one attached hydrogen (secondary N) is 1. The third-order valence-electron chi connectivity index (χ3n) is 5.26. The lowest BCUT2D eigenvalue weighted by Crippen LogP contribution is -2.31. The number of ether oxygens (including phenoxy) is 1. The second-order valence-corrected chi connectivity index (χ2v) is 8.48. The molecule has 3 aromatic rings. The van der Waals surface area contributed by atoms with Gasteiger partial charge < -0.3 is 15.0 Å². The van der Waals surface area contributed by atoms with E-state index < -0.39 is 0 Å². The zero-order valence-electron chi connectivity index (χ0n) is 17.7. The van der Waals surface area contributed by atoms with Crippen LogP contribution in [-0.2, 0) is 24.3 Å². The molecule has 6 heteroatoms. The normalized spacial score (nSPS) is 12.9. The zero-order chi connectivity index (χ0) is 21.5. The zero-order valence-corrected chi connectivity index (χ0v) is 18.5. The molecule has 0 saturated carbocycles. The van der Waals surface area contributed by atoms with E-state index in [-0.39, 0.29) is 5.91 Å². The molecule has 160 valence electrons. The molecular formula is C25H27N3O2S. The molecule has 1 aliphatic rings. The summed E-state index contributed by atoms with van der Waals surface area (Å²) in [5, 5.41) is 2.97. The molecule has 1 aliphatic heterocycles. The van der Waals surface area contributed by atoms with Gasteiger partial charge in [-0.25, -0.2) is 4.98 Å². The van der Waals surface area contributed by atoms with Gasteiger partial charge >= 0.3 is 0 Å². The average Bonchev–Trinajstić information content (AvgIpc) is 2.82. The van der Waals surface area contributed by atoms with Crippen LogP contribution in [0, 0.1) is 0 Å². The molecule has 0 aliphatic carbocycles. The van der Waals surface area contributed by atoms with Gasteiger partial charge in [0.05, 0.1) is 12.4 Å². The highest BCUT2D eigenvalue weighted by molar-refractivity contribution is 8.00. The first kappa shape index (κ1) is 21.2. The van der Waals surface area contributed by atoms with Crippen LogP contribution in [-0.4, -0.2) is 29.8 Å². The number of carbonyl (C=O) groups excluding carboxylic acids is 1. The number of nitrogens with zero attached hydrogens (tertiary/aromatic N) is 2. The van der Waals surface area contributed by atoms with Crippen LogP contribution < -0.4 is 15.0 Å². The molecule has 2 heterocycles. The smallest absolute Gasteiger partial charge is 0.230 e. The summed E-state index contributed by atoms with van der Waals surface area (Å²) >= 11 is 1.52. The molecule has 4 rings (SSSR count). The Balaban J connectivity index is 1.23. The number of pyridine rings is 1. The number of aromatic nitrogens is 1. The van der Waals surface area contributed by atoms with Crippen molar-refractivity contribution in [3.8, 4) is 5.75 Å². The van der Waals surface area contributed by atoms with E-state index in [1.54, 1.807) is 0 Å². The highest BCUT2D eigenvalue weighted by Crippen LogP contribution is 2.23. The van der Waals surface area contributed by atoms with Crippen LogP contribution in [0.1, 0.15) is 23.6 Å². The molecule has 0 atom stereocenters. The van der Waals surface area contributed by atoms with Crippen molar-refractivity contribution in [2.24, 2.45) is 0 Å². The van der Waals surface area contributed by atoms with Crippen molar-refractivity contribution in [1.82, 2.24) is 10.3 Å². The SMILES string of the molecule is CCOc1ccc(SCC(=O)NCc2ccc(N3CCc4ccccc4C3)nc2)cc1. The summed E-state index contributed by atoms with van der Waals surface area (Å²) in [4.78, 5) is 20.2. The van der Waals surface area contributed by atoms with E-state index in [2.05, 4.69) is 39.5 Å². The predicted octanol–water partition coefficient (Wildman–Crippen LogP) is 4.45. The summed E-state index contributed by atoms with van der Waals surface area (Å²) in [6.45, 7) is 4.96. The van der Waals surface area contributed by atoms with E-state index in [0.717, 1.165) is 41.5 Å². The van der Waals surface area contributed by atoms with Crippen molar-refractivity contribution in [1.29, 1.82) is 0 Å². The van der Waals surface area contributed by atoms with Gasteiger partial charge in [0.2, 0.25) is 5.91 Å². The van der Waals surface area contributed by atoms with Crippen LogP contribution in [0.4, 0.5) is 5.82 Å². The summed E-state index contributed by atoms with van der Waals surface area (Å²) in [6, 6.07) is 20.5. The third-order valence-corrected chi connectivity index (χ3v) is 6.27. The summed E-state index contributed by atoms with van der Waals surface area (Å²) in [5.74, 6) is 2.22. The van der Waals surface area contributed by atoms with Gasteiger partial charge in [-0.15, -0.1) is 11.8 Å². The minimum Gasteiger partial charge on any atom is -0.494 e. The number of thioether (sulfide) groups is 1. The summed E-state index contributed by atoms with van der Waals surface area (Å²) in [7, 11) is 0. The Kier molecular flexibility index (Phi) is 7.10. The van der Waals surface area contributed by atoms with E-state index >= 15 is 0 Å². The van der Waals surface area contributed by atoms with Gasteiger partial charge in [-0.1, -0.05) is 30.3 Å². The number of fused-ring (bicyclic) bond motifs is 1. The van der Waals surface area contributed by atoms with Crippen LogP contribution in [0.2, 0.25) is 0 Å². The first-order valence-corrected chi connectivity index (χ1v) is 11.6. The molecule has 1 N–H and O–H groups in total. The van der Waals surface area contributed by atoms with Crippen LogP contribution in [0.25, 0.3) is 0 Å². The molecule has 1 aromatic heterocycles. The largest absolute Gasteiger partial charge is 0.494 e. The van der Waals surface area contributed by atoms with E-state index in [1.165, 1.54) is 22.9 Å². The Bertz CT molecular complexity index is 1010. The topological polar surface area (TPSA) is 54.5 Å². The van der Waals surface area contributed by atoms with Gasteiger partial charge in [0.25, 0.3) is 0 Å². The summed E-state index contributed by atoms with van der Waals surface area (Å²) < 4.78 is 5.44. The number of amides is 1. The van der Waals surface area contributed by atoms with Crippen LogP contribution in [0.5, 0.6) is 5.75 Å². The van der Waals surface area contributed by atoms with Crippen molar-refractivity contribution >= 4 is 23.5 Å². The molecule has 2 aromatic carbocycles. The molecule has 0 fully saturated rings. The first-order chi connectivity index (χ1) is 15.2. The van der Waals surface area contributed by atoms with Crippen molar-refractivity contribution < 1.29 is 9.53 Å². The molecule has 5 nitrogen and oxygen atoms in total. The molecule has 0 spiro atoms. The molecule has 0 saturated heterocycles. The predicted molar refractivity (Wildman–Crippen MR) is 126 cm³/mol. The van der Waals surface area contributed by atoms with Crippen molar-refractivity contribution in [3.63, 3.8) is 0 Å². The Morgan fingerprint density at radius 3 is 2.65 bits per heavy atom. The van der Waals surface area contributed by atoms with E-state index in [4.69, 9.17) is 4.74 Å². The lowest BCUT2D eigenvalue weighted by Gasteiger charge is -2.29. The minimum atomic E-state index is 0.00981. The van der Waals surface area contributed by atoms with Crippen LogP contribution in [0.15, 0.2) is 71.8 Å². The monoisotopic (exact) mass is 433 g/mol. The number of benzene rings is 2. The van der Waals surface area contributed by atoms with Crippen molar-refractivity contribution in [2.45, 2.75) is 31.3 Å². The lowest BCUT2D eigenvalue weighted by atomic mass is 10.00. The van der Waals surface area contributed by atoms with E-state index in [1.807, 2.05) is 49.5 Å². The Morgan fingerprint density at radius 2 is 1.90 bits per heavy atom. The maximum Gasteiger partial charge on any atom is 0.230 e. The van der Waals surface area contributed by atoms with Gasteiger partial charge in [0.15, 0.2) is 0 Å². The maximum atomic E-state index is 12.2. The Hall–Kier alpha value is -2.99. The quantitative estimate of drug-likeness (QED) is 0.532. The average molecular weight is 434 g/mol. The van der Waals surface area contributed by atoms with E-state index in [9.17, 15) is 4.79 Å². The van der Waals surface area contributed by atoms with Gasteiger partial charge in [-0.05, 0) is 60.4 Å². The van der Waals surface area contributed by atoms with Gasteiger partial charge in [0.1, 0.15) is 11.6 Å². The minimum absolute atomic E-state index is 0.00981. The number of hydrogen-bond donors (Lipinski definition) is 1. The van der Waals surface area contributed by atoms with Gasteiger partial charge in [0, 0.05) is 30.7 Å². The molecule has 0 bridgehead atoms. The molecule has 1 amide bonds. The highest BCUT2D eigenvalue weighted by atomic mass is 32.2. The number of hydrogen-bond acceptors (Lipinski definition) is 5. The van der Waals surface area contributed by atoms with Crippen LogP contribution in [0.3, 0.4) is 0 Å². The summed E-state index contributed by atoms with van der Waals surface area (Å²) in [6.07, 6.45) is 2.90. The highest BCUT2D eigenvalue weighted by Gasteiger charge is 2.16. The second-order valence-electron chi connectivity index (χ2n) is 7.43. The first-order valence-electron chi connectivity index (χ1n) is 10.6. The molecule has 0 radical (unpaired) electrons. The second kappa shape index (κ2) is 10.4. The number of anilines is 1. The van der Waals surface area contributed by atoms with Crippen molar-refractivity contribution in [3.05, 3.63) is 83.6 Å². The lowest BCUT2D eigenvalue weighted by molar-refractivity contribution is -0.118.